The smallest absolute Gasteiger partial charge is 0.272 e. The number of hydrogen-bond donors (Lipinski definition) is 1. The maximum atomic E-state index is 12.2. The van der Waals surface area contributed by atoms with E-state index < -0.39 is 0 Å². The lowest BCUT2D eigenvalue weighted by molar-refractivity contribution is 0.0945. The number of nitrogens with zero attached hydrogens (tertiary/aromatic N) is 6. The molecule has 0 aromatic carbocycles. The van der Waals surface area contributed by atoms with Gasteiger partial charge in [-0.15, -0.1) is 0 Å². The molecule has 0 bridgehead atoms. The van der Waals surface area contributed by atoms with Crippen molar-refractivity contribution in [1.29, 1.82) is 0 Å². The third kappa shape index (κ3) is 3.31. The van der Waals surface area contributed by atoms with Crippen LogP contribution < -0.4 is 5.32 Å². The van der Waals surface area contributed by atoms with Gasteiger partial charge in [-0.05, 0) is 26.0 Å². The molecular formula is C15H19N7O. The van der Waals surface area contributed by atoms with Gasteiger partial charge in [-0.25, -0.2) is 0 Å². The molecule has 3 heterocycles. The summed E-state index contributed by atoms with van der Waals surface area (Å²) in [4.78, 5) is 12.2. The Morgan fingerprint density at radius 2 is 2.13 bits per heavy atom. The molecule has 0 saturated heterocycles. The highest BCUT2D eigenvalue weighted by Crippen LogP contribution is 2.07. The van der Waals surface area contributed by atoms with Crippen molar-refractivity contribution in [3.8, 4) is 0 Å². The predicted molar refractivity (Wildman–Crippen MR) is 83.7 cm³/mol. The molecule has 0 fully saturated rings. The Kier molecular flexibility index (Phi) is 4.22. The fraction of sp³-hybridized carbons (Fsp3) is 0.333. The van der Waals surface area contributed by atoms with Gasteiger partial charge >= 0.3 is 0 Å². The summed E-state index contributed by atoms with van der Waals surface area (Å²) in [5.41, 5.74) is 2.46. The van der Waals surface area contributed by atoms with E-state index in [1.807, 2.05) is 30.8 Å². The molecule has 23 heavy (non-hydrogen) atoms. The van der Waals surface area contributed by atoms with E-state index >= 15 is 0 Å². The maximum absolute atomic E-state index is 12.2. The largest absolute Gasteiger partial charge is 0.346 e. The molecule has 1 N–H and O–H groups in total. The minimum Gasteiger partial charge on any atom is -0.346 e. The fourth-order valence-electron chi connectivity index (χ4n) is 2.34. The van der Waals surface area contributed by atoms with Gasteiger partial charge in [-0.3, -0.25) is 18.8 Å². The standard InChI is InChI=1S/C15H19N7O/c1-3-22-12(2)13(10-18-22)9-16-15(23)14-5-8-21(19-14)11-20-7-4-6-17-20/h4-8,10H,3,9,11H2,1-2H3,(H,16,23). The number of carbonyl (C=O) groups is 1. The van der Waals surface area contributed by atoms with E-state index in [1.54, 1.807) is 34.0 Å². The summed E-state index contributed by atoms with van der Waals surface area (Å²) in [6.07, 6.45) is 7.10. The van der Waals surface area contributed by atoms with Crippen LogP contribution in [0.4, 0.5) is 0 Å². The van der Waals surface area contributed by atoms with Gasteiger partial charge in [0.25, 0.3) is 5.91 Å². The van der Waals surface area contributed by atoms with E-state index in [1.165, 1.54) is 0 Å². The summed E-state index contributed by atoms with van der Waals surface area (Å²) in [6, 6.07) is 3.54. The summed E-state index contributed by atoms with van der Waals surface area (Å²) in [5.74, 6) is -0.201. The van der Waals surface area contributed by atoms with E-state index in [0.717, 1.165) is 17.8 Å². The summed E-state index contributed by atoms with van der Waals surface area (Å²) in [5, 5.41) is 15.5. The maximum Gasteiger partial charge on any atom is 0.272 e. The molecule has 120 valence electrons. The first kappa shape index (κ1) is 15.0. The summed E-state index contributed by atoms with van der Waals surface area (Å²) < 4.78 is 5.31. The monoisotopic (exact) mass is 313 g/mol. The van der Waals surface area contributed by atoms with E-state index in [-0.39, 0.29) is 5.91 Å². The Morgan fingerprint density at radius 1 is 1.26 bits per heavy atom. The van der Waals surface area contributed by atoms with Crippen molar-refractivity contribution >= 4 is 5.91 Å². The number of aryl methyl sites for hydroxylation is 1. The van der Waals surface area contributed by atoms with Crippen LogP contribution in [0.5, 0.6) is 0 Å². The summed E-state index contributed by atoms with van der Waals surface area (Å²) in [7, 11) is 0. The Labute approximate surface area is 133 Å². The van der Waals surface area contributed by atoms with Crippen LogP contribution in [0.1, 0.15) is 28.7 Å². The van der Waals surface area contributed by atoms with Gasteiger partial charge < -0.3 is 5.32 Å². The van der Waals surface area contributed by atoms with Crippen molar-refractivity contribution in [1.82, 2.24) is 34.7 Å². The lowest BCUT2D eigenvalue weighted by atomic mass is 10.2. The zero-order chi connectivity index (χ0) is 16.2. The lowest BCUT2D eigenvalue weighted by Crippen LogP contribution is -2.24. The fourth-order valence-corrected chi connectivity index (χ4v) is 2.34. The molecule has 1 amide bonds. The third-order valence-corrected chi connectivity index (χ3v) is 3.67. The molecule has 3 aromatic rings. The number of nitrogens with one attached hydrogen (secondary N) is 1. The van der Waals surface area contributed by atoms with Gasteiger partial charge in [0, 0.05) is 42.9 Å². The zero-order valence-corrected chi connectivity index (χ0v) is 13.2. The van der Waals surface area contributed by atoms with Crippen molar-refractivity contribution in [3.05, 3.63) is 53.9 Å². The van der Waals surface area contributed by atoms with Gasteiger partial charge in [0.15, 0.2) is 0 Å². The lowest BCUT2D eigenvalue weighted by Gasteiger charge is -2.04. The first-order chi connectivity index (χ1) is 11.2. The number of carbonyl (C=O) groups excluding carboxylic acids is 1. The summed E-state index contributed by atoms with van der Waals surface area (Å²) in [6.45, 7) is 5.77. The first-order valence-electron chi connectivity index (χ1n) is 7.47. The number of aromatic nitrogens is 6. The molecule has 0 aliphatic rings. The summed E-state index contributed by atoms with van der Waals surface area (Å²) >= 11 is 0. The average molecular weight is 313 g/mol. The second-order valence-electron chi connectivity index (χ2n) is 5.18. The Bertz CT molecular complexity index is 785. The predicted octanol–water partition coefficient (Wildman–Crippen LogP) is 1.04. The van der Waals surface area contributed by atoms with Crippen LogP contribution in [0.2, 0.25) is 0 Å². The minimum absolute atomic E-state index is 0.201. The van der Waals surface area contributed by atoms with Gasteiger partial charge in [0.05, 0.1) is 6.20 Å². The van der Waals surface area contributed by atoms with Crippen LogP contribution in [0, 0.1) is 6.92 Å². The van der Waals surface area contributed by atoms with Gasteiger partial charge in [-0.1, -0.05) is 0 Å². The molecule has 0 saturated carbocycles. The Balaban J connectivity index is 1.60. The normalized spacial score (nSPS) is 10.9. The number of amides is 1. The van der Waals surface area contributed by atoms with Crippen molar-refractivity contribution in [3.63, 3.8) is 0 Å². The van der Waals surface area contributed by atoms with Crippen molar-refractivity contribution in [2.45, 2.75) is 33.6 Å². The highest BCUT2D eigenvalue weighted by atomic mass is 16.1. The van der Waals surface area contributed by atoms with Crippen LogP contribution in [-0.4, -0.2) is 35.2 Å². The molecule has 3 aromatic heterocycles. The highest BCUT2D eigenvalue weighted by molar-refractivity contribution is 5.92. The molecule has 8 nitrogen and oxygen atoms in total. The minimum atomic E-state index is -0.201. The van der Waals surface area contributed by atoms with Gasteiger partial charge in [-0.2, -0.15) is 15.3 Å². The molecule has 0 aliphatic heterocycles. The molecule has 8 heteroatoms. The number of rotatable bonds is 6. The van der Waals surface area contributed by atoms with Gasteiger partial charge in [0.1, 0.15) is 12.4 Å². The van der Waals surface area contributed by atoms with Crippen molar-refractivity contribution in [2.75, 3.05) is 0 Å². The van der Waals surface area contributed by atoms with Crippen molar-refractivity contribution in [2.24, 2.45) is 0 Å². The van der Waals surface area contributed by atoms with Gasteiger partial charge in [0.2, 0.25) is 0 Å². The van der Waals surface area contributed by atoms with Crippen LogP contribution in [0.3, 0.4) is 0 Å². The number of hydrogen-bond acceptors (Lipinski definition) is 4. The van der Waals surface area contributed by atoms with E-state index in [9.17, 15) is 4.79 Å². The molecule has 0 unspecified atom stereocenters. The Hall–Kier alpha value is -2.90. The van der Waals surface area contributed by atoms with Crippen LogP contribution in [-0.2, 0) is 19.8 Å². The molecule has 0 spiro atoms. The molecule has 0 radical (unpaired) electrons. The second kappa shape index (κ2) is 6.47. The molecule has 0 aliphatic carbocycles. The van der Waals surface area contributed by atoms with Crippen LogP contribution in [0.25, 0.3) is 0 Å². The highest BCUT2D eigenvalue weighted by Gasteiger charge is 2.11. The molecule has 3 rings (SSSR count). The topological polar surface area (TPSA) is 82.6 Å². The quantitative estimate of drug-likeness (QED) is 0.737. The average Bonchev–Trinajstić information content (AvgIpc) is 3.27. The van der Waals surface area contributed by atoms with Crippen molar-refractivity contribution < 1.29 is 4.79 Å². The zero-order valence-electron chi connectivity index (χ0n) is 13.2. The van der Waals surface area contributed by atoms with E-state index in [0.29, 0.717) is 18.9 Å². The molecular weight excluding hydrogens is 294 g/mol. The van der Waals surface area contributed by atoms with Crippen LogP contribution >= 0.6 is 0 Å². The molecule has 0 atom stereocenters. The second-order valence-corrected chi connectivity index (χ2v) is 5.18. The van der Waals surface area contributed by atoms with E-state index in [2.05, 4.69) is 20.6 Å². The van der Waals surface area contributed by atoms with E-state index in [4.69, 9.17) is 0 Å². The Morgan fingerprint density at radius 3 is 2.83 bits per heavy atom. The third-order valence-electron chi connectivity index (χ3n) is 3.67. The SMILES string of the molecule is CCn1ncc(CNC(=O)c2ccn(Cn3cccn3)n2)c1C. The van der Waals surface area contributed by atoms with Crippen LogP contribution in [0.15, 0.2) is 36.9 Å². The first-order valence-corrected chi connectivity index (χ1v) is 7.47.